The van der Waals surface area contributed by atoms with E-state index in [4.69, 9.17) is 9.29 Å². The van der Waals surface area contributed by atoms with E-state index in [0.29, 0.717) is 0 Å². The van der Waals surface area contributed by atoms with E-state index in [2.05, 4.69) is 0 Å². The van der Waals surface area contributed by atoms with Gasteiger partial charge in [-0.15, -0.1) is 0 Å². The van der Waals surface area contributed by atoms with Gasteiger partial charge < -0.3 is 5.11 Å². The summed E-state index contributed by atoms with van der Waals surface area (Å²) in [6, 6.07) is 1.72. The van der Waals surface area contributed by atoms with Crippen molar-refractivity contribution in [1.82, 2.24) is 4.90 Å². The van der Waals surface area contributed by atoms with Crippen LogP contribution in [0.1, 0.15) is 18.0 Å². The zero-order valence-electron chi connectivity index (χ0n) is 11.0. The molecule has 0 saturated carbocycles. The molecule has 1 aromatic carbocycles. The highest BCUT2D eigenvalue weighted by molar-refractivity contribution is 7.86. The maximum absolute atomic E-state index is 13.8. The Labute approximate surface area is 120 Å². The molecule has 0 spiro atoms. The Morgan fingerprint density at radius 3 is 2.67 bits per heavy atom. The molecular formula is C12H13F2NO5S. The molecular weight excluding hydrogens is 308 g/mol. The van der Waals surface area contributed by atoms with Gasteiger partial charge in [-0.2, -0.15) is 8.42 Å². The lowest BCUT2D eigenvalue weighted by atomic mass is 10.0. The molecule has 1 fully saturated rings. The second-order valence-corrected chi connectivity index (χ2v) is 6.38. The fourth-order valence-electron chi connectivity index (χ4n) is 2.39. The summed E-state index contributed by atoms with van der Waals surface area (Å²) in [6.45, 7) is -0.233. The highest BCUT2D eigenvalue weighted by Gasteiger charge is 2.39. The molecule has 2 rings (SSSR count). The Bertz CT molecular complexity index is 664. The summed E-state index contributed by atoms with van der Waals surface area (Å²) < 4.78 is 54.0. The van der Waals surface area contributed by atoms with Crippen molar-refractivity contribution in [2.75, 3.05) is 12.8 Å². The average Bonchev–Trinajstić information content (AvgIpc) is 2.73. The third-order valence-electron chi connectivity index (χ3n) is 3.14. The molecule has 0 bridgehead atoms. The van der Waals surface area contributed by atoms with Gasteiger partial charge >= 0.3 is 6.09 Å². The van der Waals surface area contributed by atoms with Crippen LogP contribution in [0.2, 0.25) is 0 Å². The zero-order chi connectivity index (χ0) is 15.8. The van der Waals surface area contributed by atoms with Crippen LogP contribution in [0, 0.1) is 11.6 Å². The predicted molar refractivity (Wildman–Crippen MR) is 68.2 cm³/mol. The third-order valence-corrected chi connectivity index (χ3v) is 3.76. The molecule has 6 nitrogen and oxygen atoms in total. The molecule has 9 heteroatoms. The Morgan fingerprint density at radius 1 is 1.43 bits per heavy atom. The lowest BCUT2D eigenvalue weighted by molar-refractivity contribution is 0.134. The van der Waals surface area contributed by atoms with Gasteiger partial charge in [-0.1, -0.05) is 0 Å². The number of likely N-dealkylation sites (tertiary alicyclic amines) is 1. The number of nitrogens with zero attached hydrogens (tertiary/aromatic N) is 1. The topological polar surface area (TPSA) is 83.9 Å². The van der Waals surface area contributed by atoms with Crippen molar-refractivity contribution in [2.45, 2.75) is 18.6 Å². The van der Waals surface area contributed by atoms with Crippen LogP contribution in [0.3, 0.4) is 0 Å². The summed E-state index contributed by atoms with van der Waals surface area (Å²) in [5, 5.41) is 9.13. The fourth-order valence-corrected chi connectivity index (χ4v) is 3.02. The fraction of sp³-hybridized carbons (Fsp3) is 0.417. The lowest BCUT2D eigenvalue weighted by Gasteiger charge is -2.21. The molecule has 1 aliphatic heterocycles. The molecule has 0 radical (unpaired) electrons. The van der Waals surface area contributed by atoms with Gasteiger partial charge in [-0.3, -0.25) is 9.08 Å². The van der Waals surface area contributed by atoms with Crippen LogP contribution in [-0.4, -0.2) is 43.4 Å². The molecule has 1 saturated heterocycles. The lowest BCUT2D eigenvalue weighted by Crippen LogP contribution is -2.31. The molecule has 1 aromatic rings. The number of amides is 1. The zero-order valence-corrected chi connectivity index (χ0v) is 11.8. The van der Waals surface area contributed by atoms with Gasteiger partial charge in [0.1, 0.15) is 11.6 Å². The van der Waals surface area contributed by atoms with Crippen LogP contribution in [0.5, 0.6) is 0 Å². The van der Waals surface area contributed by atoms with Crippen molar-refractivity contribution in [3.63, 3.8) is 0 Å². The van der Waals surface area contributed by atoms with Crippen molar-refractivity contribution in [1.29, 1.82) is 0 Å². The van der Waals surface area contributed by atoms with Crippen LogP contribution in [0.4, 0.5) is 13.6 Å². The van der Waals surface area contributed by atoms with Crippen molar-refractivity contribution in [3.05, 3.63) is 35.4 Å². The minimum absolute atomic E-state index is 0.0697. The second kappa shape index (κ2) is 5.57. The summed E-state index contributed by atoms with van der Waals surface area (Å²) in [7, 11) is -3.77. The molecule has 21 heavy (non-hydrogen) atoms. The molecule has 2 atom stereocenters. The number of halogens is 2. The molecule has 1 aliphatic rings. The molecule has 1 amide bonds. The standard InChI is InChI=1S/C12H13F2NO5S/c1-21(18,19)20-8-5-11(15(6-8)12(16)17)9-4-7(13)2-3-10(9)14/h2-4,8,11H,5-6H2,1H3,(H,16,17)/t8-,11-/m1/s1. The van der Waals surface area contributed by atoms with Gasteiger partial charge in [0.15, 0.2) is 0 Å². The summed E-state index contributed by atoms with van der Waals surface area (Å²) in [6.07, 6.45) is -1.51. The van der Waals surface area contributed by atoms with Gasteiger partial charge in [0.05, 0.1) is 24.9 Å². The smallest absolute Gasteiger partial charge is 0.407 e. The largest absolute Gasteiger partial charge is 0.465 e. The first-order chi connectivity index (χ1) is 9.67. The molecule has 0 aromatic heterocycles. The SMILES string of the molecule is CS(=O)(=O)O[C@@H]1C[C@H](c2cc(F)ccc2F)N(C(=O)O)C1. The number of carbonyl (C=O) groups is 1. The van der Waals surface area contributed by atoms with E-state index in [1.165, 1.54) is 0 Å². The number of rotatable bonds is 3. The first-order valence-electron chi connectivity index (χ1n) is 6.00. The van der Waals surface area contributed by atoms with Crippen LogP contribution in [0.15, 0.2) is 18.2 Å². The molecule has 0 aliphatic carbocycles. The summed E-state index contributed by atoms with van der Waals surface area (Å²) in [5.74, 6) is -1.46. The number of carboxylic acid groups (broad SMARTS) is 1. The van der Waals surface area contributed by atoms with Crippen molar-refractivity contribution >= 4 is 16.2 Å². The molecule has 1 heterocycles. The number of hydrogen-bond acceptors (Lipinski definition) is 4. The molecule has 116 valence electrons. The Morgan fingerprint density at radius 2 is 2.10 bits per heavy atom. The van der Waals surface area contributed by atoms with E-state index in [0.717, 1.165) is 29.4 Å². The normalized spacial score (nSPS) is 22.5. The number of hydrogen-bond donors (Lipinski definition) is 1. The third kappa shape index (κ3) is 3.67. The Balaban J connectivity index is 2.32. The van der Waals surface area contributed by atoms with Gasteiger partial charge in [-0.05, 0) is 18.2 Å². The van der Waals surface area contributed by atoms with E-state index >= 15 is 0 Å². The average molecular weight is 321 g/mol. The second-order valence-electron chi connectivity index (χ2n) is 4.77. The van der Waals surface area contributed by atoms with Crippen molar-refractivity contribution in [3.8, 4) is 0 Å². The van der Waals surface area contributed by atoms with E-state index in [9.17, 15) is 22.0 Å². The highest BCUT2D eigenvalue weighted by Crippen LogP contribution is 2.35. The van der Waals surface area contributed by atoms with Crippen LogP contribution in [0.25, 0.3) is 0 Å². The molecule has 0 unspecified atom stereocenters. The summed E-state index contributed by atoms with van der Waals surface area (Å²) in [4.78, 5) is 12.0. The minimum atomic E-state index is -3.77. The van der Waals surface area contributed by atoms with E-state index in [1.54, 1.807) is 0 Å². The maximum atomic E-state index is 13.8. The van der Waals surface area contributed by atoms with E-state index in [1.807, 2.05) is 0 Å². The van der Waals surface area contributed by atoms with E-state index in [-0.39, 0.29) is 18.5 Å². The summed E-state index contributed by atoms with van der Waals surface area (Å²) >= 11 is 0. The number of benzene rings is 1. The van der Waals surface area contributed by atoms with Gasteiger partial charge in [0.2, 0.25) is 0 Å². The van der Waals surface area contributed by atoms with Crippen LogP contribution < -0.4 is 0 Å². The monoisotopic (exact) mass is 321 g/mol. The Hall–Kier alpha value is -1.74. The highest BCUT2D eigenvalue weighted by atomic mass is 32.2. The minimum Gasteiger partial charge on any atom is -0.465 e. The maximum Gasteiger partial charge on any atom is 0.407 e. The van der Waals surface area contributed by atoms with Gasteiger partial charge in [0.25, 0.3) is 10.1 Å². The van der Waals surface area contributed by atoms with Gasteiger partial charge in [-0.25, -0.2) is 13.6 Å². The van der Waals surface area contributed by atoms with Crippen molar-refractivity contribution < 1.29 is 31.3 Å². The quantitative estimate of drug-likeness (QED) is 0.857. The van der Waals surface area contributed by atoms with Crippen LogP contribution in [-0.2, 0) is 14.3 Å². The van der Waals surface area contributed by atoms with Crippen molar-refractivity contribution in [2.24, 2.45) is 0 Å². The Kier molecular flexibility index (Phi) is 4.15. The first-order valence-corrected chi connectivity index (χ1v) is 7.82. The predicted octanol–water partition coefficient (Wildman–Crippen LogP) is 1.73. The first kappa shape index (κ1) is 15.6. The van der Waals surface area contributed by atoms with Crippen LogP contribution >= 0.6 is 0 Å². The summed E-state index contributed by atoms with van der Waals surface area (Å²) in [5.41, 5.74) is -0.142. The molecule has 1 N–H and O–H groups in total. The van der Waals surface area contributed by atoms with E-state index < -0.39 is 40.0 Å². The van der Waals surface area contributed by atoms with Gasteiger partial charge in [0, 0.05) is 12.0 Å².